The van der Waals surface area contributed by atoms with E-state index in [1.54, 1.807) is 6.07 Å². The van der Waals surface area contributed by atoms with Crippen molar-refractivity contribution < 1.29 is 9.90 Å². The molecule has 0 radical (unpaired) electrons. The number of phenolic OH excluding ortho intramolecular Hbond substituents is 1. The molecule has 4 nitrogen and oxygen atoms in total. The van der Waals surface area contributed by atoms with E-state index in [-0.39, 0.29) is 11.7 Å². The van der Waals surface area contributed by atoms with Gasteiger partial charge in [0.05, 0.1) is 0 Å². The van der Waals surface area contributed by atoms with Gasteiger partial charge in [-0.05, 0) is 24.1 Å². The molecule has 1 saturated heterocycles. The quantitative estimate of drug-likeness (QED) is 0.797. The molecule has 0 aliphatic carbocycles. The zero-order valence-electron chi connectivity index (χ0n) is 9.15. The minimum atomic E-state index is 0.211. The maximum Gasteiger partial charge on any atom is 0.222 e. The Bertz CT molecular complexity index is 404. The Morgan fingerprint density at radius 1 is 1.44 bits per heavy atom. The van der Waals surface area contributed by atoms with Crippen molar-refractivity contribution in [3.63, 3.8) is 0 Å². The fourth-order valence-electron chi connectivity index (χ4n) is 1.99. The number of hydrogen-bond acceptors (Lipinski definition) is 3. The molecule has 3 N–H and O–H groups in total. The second kappa shape index (κ2) is 4.53. The van der Waals surface area contributed by atoms with Crippen LogP contribution in [0.2, 0.25) is 0 Å². The Morgan fingerprint density at radius 2 is 2.25 bits per heavy atom. The maximum absolute atomic E-state index is 11.5. The number of likely N-dealkylation sites (tertiary alicyclic amines) is 1. The van der Waals surface area contributed by atoms with Crippen LogP contribution >= 0.6 is 0 Å². The number of aromatic hydroxyl groups is 1. The summed E-state index contributed by atoms with van der Waals surface area (Å²) in [6, 6.07) is 5.33. The van der Waals surface area contributed by atoms with Gasteiger partial charge in [-0.15, -0.1) is 0 Å². The van der Waals surface area contributed by atoms with Crippen molar-refractivity contribution >= 4 is 5.91 Å². The van der Waals surface area contributed by atoms with Gasteiger partial charge in [-0.3, -0.25) is 4.79 Å². The second-order valence-electron chi connectivity index (χ2n) is 4.09. The topological polar surface area (TPSA) is 66.6 Å². The molecule has 86 valence electrons. The van der Waals surface area contributed by atoms with Gasteiger partial charge in [0.2, 0.25) is 5.91 Å². The van der Waals surface area contributed by atoms with Gasteiger partial charge in [-0.1, -0.05) is 6.07 Å². The first-order chi connectivity index (χ1) is 7.70. The molecule has 4 heteroatoms. The van der Waals surface area contributed by atoms with E-state index in [0.29, 0.717) is 19.5 Å². The standard InChI is InChI=1S/C12H16N2O2/c13-7-10-6-9(3-4-11(10)15)8-14-5-1-2-12(14)16/h3-4,6,15H,1-2,5,7-8,13H2. The summed E-state index contributed by atoms with van der Waals surface area (Å²) >= 11 is 0. The van der Waals surface area contributed by atoms with Crippen LogP contribution < -0.4 is 5.73 Å². The molecule has 1 fully saturated rings. The Hall–Kier alpha value is -1.55. The highest BCUT2D eigenvalue weighted by atomic mass is 16.3. The van der Waals surface area contributed by atoms with Crippen molar-refractivity contribution in [3.8, 4) is 5.75 Å². The van der Waals surface area contributed by atoms with Crippen LogP contribution in [-0.4, -0.2) is 22.5 Å². The summed E-state index contributed by atoms with van der Waals surface area (Å²) in [6.07, 6.45) is 1.60. The molecule has 1 aliphatic heterocycles. The molecule has 1 aromatic carbocycles. The number of benzene rings is 1. The molecule has 16 heavy (non-hydrogen) atoms. The Morgan fingerprint density at radius 3 is 2.88 bits per heavy atom. The van der Waals surface area contributed by atoms with Crippen LogP contribution in [-0.2, 0) is 17.9 Å². The first-order valence-electron chi connectivity index (χ1n) is 5.49. The monoisotopic (exact) mass is 220 g/mol. The van der Waals surface area contributed by atoms with Gasteiger partial charge in [0.1, 0.15) is 5.75 Å². The highest BCUT2D eigenvalue weighted by molar-refractivity contribution is 5.78. The molecule has 1 aliphatic rings. The number of rotatable bonds is 3. The summed E-state index contributed by atoms with van der Waals surface area (Å²) in [5.41, 5.74) is 7.26. The number of nitrogens with zero attached hydrogens (tertiary/aromatic N) is 1. The molecule has 2 rings (SSSR count). The molecule has 0 bridgehead atoms. The third kappa shape index (κ3) is 2.17. The first kappa shape index (κ1) is 11.0. The van der Waals surface area contributed by atoms with Crippen molar-refractivity contribution in [1.82, 2.24) is 4.90 Å². The number of amides is 1. The van der Waals surface area contributed by atoms with E-state index < -0.39 is 0 Å². The van der Waals surface area contributed by atoms with Gasteiger partial charge >= 0.3 is 0 Å². The van der Waals surface area contributed by atoms with E-state index in [1.165, 1.54) is 0 Å². The summed E-state index contributed by atoms with van der Waals surface area (Å²) in [5.74, 6) is 0.432. The number of phenols is 1. The van der Waals surface area contributed by atoms with E-state index in [9.17, 15) is 9.90 Å². The number of hydrogen-bond donors (Lipinski definition) is 2. The SMILES string of the molecule is NCc1cc(CN2CCCC2=O)ccc1O. The fourth-order valence-corrected chi connectivity index (χ4v) is 1.99. The molecule has 1 heterocycles. The van der Waals surface area contributed by atoms with Crippen LogP contribution in [0, 0.1) is 0 Å². The first-order valence-corrected chi connectivity index (χ1v) is 5.49. The Kier molecular flexibility index (Phi) is 3.10. The maximum atomic E-state index is 11.5. The highest BCUT2D eigenvalue weighted by Gasteiger charge is 2.20. The third-order valence-electron chi connectivity index (χ3n) is 2.91. The summed E-state index contributed by atoms with van der Waals surface area (Å²) in [5, 5.41) is 9.49. The largest absolute Gasteiger partial charge is 0.508 e. The van der Waals surface area contributed by atoms with Gasteiger partial charge in [-0.2, -0.15) is 0 Å². The van der Waals surface area contributed by atoms with E-state index in [2.05, 4.69) is 0 Å². The smallest absolute Gasteiger partial charge is 0.222 e. The summed E-state index contributed by atoms with van der Waals surface area (Å²) in [7, 11) is 0. The normalized spacial score (nSPS) is 15.8. The van der Waals surface area contributed by atoms with Crippen LogP contribution in [0.4, 0.5) is 0 Å². The van der Waals surface area contributed by atoms with Crippen molar-refractivity contribution in [3.05, 3.63) is 29.3 Å². The van der Waals surface area contributed by atoms with E-state index >= 15 is 0 Å². The lowest BCUT2D eigenvalue weighted by Gasteiger charge is -2.16. The zero-order chi connectivity index (χ0) is 11.5. The molecule has 0 unspecified atom stereocenters. The van der Waals surface area contributed by atoms with Gasteiger partial charge in [0.25, 0.3) is 0 Å². The molecule has 0 atom stereocenters. The predicted molar refractivity (Wildman–Crippen MR) is 60.6 cm³/mol. The minimum Gasteiger partial charge on any atom is -0.508 e. The van der Waals surface area contributed by atoms with Crippen LogP contribution in [0.25, 0.3) is 0 Å². The lowest BCUT2D eigenvalue weighted by Crippen LogP contribution is -2.23. The van der Waals surface area contributed by atoms with Crippen molar-refractivity contribution in [2.45, 2.75) is 25.9 Å². The average molecular weight is 220 g/mol. The lowest BCUT2D eigenvalue weighted by atomic mass is 10.1. The Labute approximate surface area is 94.7 Å². The third-order valence-corrected chi connectivity index (χ3v) is 2.91. The fraction of sp³-hybridized carbons (Fsp3) is 0.417. The van der Waals surface area contributed by atoms with Gasteiger partial charge in [-0.25, -0.2) is 0 Å². The van der Waals surface area contributed by atoms with Gasteiger partial charge < -0.3 is 15.7 Å². The predicted octanol–water partition coefficient (Wildman–Crippen LogP) is 0.973. The van der Waals surface area contributed by atoms with E-state index in [4.69, 9.17) is 5.73 Å². The Balaban J connectivity index is 2.12. The molecular formula is C12H16N2O2. The minimum absolute atomic E-state index is 0.211. The highest BCUT2D eigenvalue weighted by Crippen LogP contribution is 2.20. The number of carbonyl (C=O) groups excluding carboxylic acids is 1. The molecule has 0 spiro atoms. The van der Waals surface area contributed by atoms with Crippen molar-refractivity contribution in [1.29, 1.82) is 0 Å². The molecule has 1 amide bonds. The number of nitrogens with two attached hydrogens (primary N) is 1. The lowest BCUT2D eigenvalue weighted by molar-refractivity contribution is -0.128. The number of carbonyl (C=O) groups is 1. The van der Waals surface area contributed by atoms with Crippen LogP contribution in [0.15, 0.2) is 18.2 Å². The summed E-state index contributed by atoms with van der Waals surface area (Å²) in [4.78, 5) is 13.3. The van der Waals surface area contributed by atoms with E-state index in [0.717, 1.165) is 24.1 Å². The molecular weight excluding hydrogens is 204 g/mol. The van der Waals surface area contributed by atoms with Crippen molar-refractivity contribution in [2.75, 3.05) is 6.54 Å². The van der Waals surface area contributed by atoms with E-state index in [1.807, 2.05) is 17.0 Å². The van der Waals surface area contributed by atoms with Crippen molar-refractivity contribution in [2.24, 2.45) is 5.73 Å². The molecule has 0 aromatic heterocycles. The summed E-state index contributed by atoms with van der Waals surface area (Å²) in [6.45, 7) is 1.76. The average Bonchev–Trinajstić information content (AvgIpc) is 2.67. The van der Waals surface area contributed by atoms with Gasteiger partial charge in [0.15, 0.2) is 0 Å². The molecule has 1 aromatic rings. The van der Waals surface area contributed by atoms with Crippen LogP contribution in [0.5, 0.6) is 5.75 Å². The second-order valence-corrected chi connectivity index (χ2v) is 4.09. The van der Waals surface area contributed by atoms with Crippen LogP contribution in [0.3, 0.4) is 0 Å². The zero-order valence-corrected chi connectivity index (χ0v) is 9.15. The van der Waals surface area contributed by atoms with Gasteiger partial charge in [0, 0.05) is 31.6 Å². The summed E-state index contributed by atoms with van der Waals surface area (Å²) < 4.78 is 0. The van der Waals surface area contributed by atoms with Crippen LogP contribution in [0.1, 0.15) is 24.0 Å². The molecule has 0 saturated carbocycles.